The Morgan fingerprint density at radius 3 is 2.67 bits per heavy atom. The summed E-state index contributed by atoms with van der Waals surface area (Å²) >= 11 is 0. The van der Waals surface area contributed by atoms with Gasteiger partial charge in [0.05, 0.1) is 18.9 Å². The van der Waals surface area contributed by atoms with E-state index in [9.17, 15) is 4.79 Å². The zero-order valence-corrected chi connectivity index (χ0v) is 10.3. The molecule has 0 aromatic heterocycles. The molecule has 2 rings (SSSR count). The summed E-state index contributed by atoms with van der Waals surface area (Å²) in [5, 5.41) is 0. The Bertz CT molecular complexity index is 682. The minimum atomic E-state index is -2.32. The highest BCUT2D eigenvalue weighted by Gasteiger charge is 2.43. The van der Waals surface area contributed by atoms with Crippen molar-refractivity contribution < 1.29 is 20.5 Å². The fourth-order valence-corrected chi connectivity index (χ4v) is 2.20. The van der Waals surface area contributed by atoms with Crippen molar-refractivity contribution in [2.75, 3.05) is 26.7 Å². The second-order valence-electron chi connectivity index (χ2n) is 4.29. The van der Waals surface area contributed by atoms with Gasteiger partial charge in [0, 0.05) is 4.11 Å². The van der Waals surface area contributed by atoms with E-state index in [1.165, 1.54) is 4.90 Å². The van der Waals surface area contributed by atoms with Crippen LogP contribution in [-0.2, 0) is 14.9 Å². The molecule has 98 valence electrons. The lowest BCUT2D eigenvalue weighted by molar-refractivity contribution is -0.152. The van der Waals surface area contributed by atoms with Gasteiger partial charge in [0.15, 0.2) is 0 Å². The normalized spacial score (nSPS) is 26.5. The van der Waals surface area contributed by atoms with Crippen LogP contribution in [0.1, 0.15) is 36.3 Å². The van der Waals surface area contributed by atoms with E-state index in [1.807, 2.05) is 0 Å². The first kappa shape index (κ1) is 6.20. The lowest BCUT2D eigenvalue weighted by Gasteiger charge is -2.38. The highest BCUT2D eigenvalue weighted by atomic mass is 16.5. The van der Waals surface area contributed by atoms with E-state index in [0.29, 0.717) is 0 Å². The molecule has 0 saturated carbocycles. The Labute approximate surface area is 120 Å². The maximum absolute atomic E-state index is 12.8. The summed E-state index contributed by atoms with van der Waals surface area (Å²) in [4.78, 5) is 14.0. The summed E-state index contributed by atoms with van der Waals surface area (Å²) in [6, 6.07) is -2.49. The molecule has 0 unspecified atom stereocenters. The SMILES string of the molecule is [2H]c1c([2H])c([2H])c(C2(C(=O)OCC)CCN(C([2H])([2H])[2H])CC2)c([2H])c1[2H]. The molecule has 0 aliphatic carbocycles. The monoisotopic (exact) mass is 255 g/mol. The summed E-state index contributed by atoms with van der Waals surface area (Å²) in [5.41, 5.74) is -1.59. The molecule has 0 amide bonds. The summed E-state index contributed by atoms with van der Waals surface area (Å²) in [7, 11) is 0. The largest absolute Gasteiger partial charge is 0.465 e. The number of esters is 1. The summed E-state index contributed by atoms with van der Waals surface area (Å²) < 4.78 is 67.5. The number of hydrogen-bond acceptors (Lipinski definition) is 3. The van der Waals surface area contributed by atoms with E-state index in [1.54, 1.807) is 6.92 Å². The second-order valence-corrected chi connectivity index (χ2v) is 4.29. The van der Waals surface area contributed by atoms with Gasteiger partial charge >= 0.3 is 5.97 Å². The molecule has 3 nitrogen and oxygen atoms in total. The van der Waals surface area contributed by atoms with Crippen molar-refractivity contribution in [1.82, 2.24) is 4.90 Å². The maximum atomic E-state index is 12.8. The summed E-state index contributed by atoms with van der Waals surface area (Å²) in [5.74, 6) is -0.691. The van der Waals surface area contributed by atoms with Crippen molar-refractivity contribution >= 4 is 5.97 Å². The average molecular weight is 255 g/mol. The maximum Gasteiger partial charge on any atom is 0.316 e. The summed E-state index contributed by atoms with van der Waals surface area (Å²) in [6.07, 6.45) is -0.00355. The van der Waals surface area contributed by atoms with Gasteiger partial charge in [-0.05, 0) is 45.4 Å². The van der Waals surface area contributed by atoms with Crippen molar-refractivity contribution in [2.24, 2.45) is 0 Å². The fraction of sp³-hybridized carbons (Fsp3) is 0.533. The zero-order chi connectivity index (χ0) is 19.9. The van der Waals surface area contributed by atoms with Gasteiger partial charge in [0.1, 0.15) is 0 Å². The van der Waals surface area contributed by atoms with Crippen LogP contribution in [0.15, 0.2) is 30.2 Å². The van der Waals surface area contributed by atoms with E-state index in [4.69, 9.17) is 15.7 Å². The number of rotatable bonds is 3. The molecule has 0 bridgehead atoms. The third-order valence-electron chi connectivity index (χ3n) is 3.26. The Morgan fingerprint density at radius 2 is 2.11 bits per heavy atom. The predicted molar refractivity (Wildman–Crippen MR) is 71.5 cm³/mol. The van der Waals surface area contributed by atoms with Gasteiger partial charge < -0.3 is 9.64 Å². The number of hydrogen-bond donors (Lipinski definition) is 0. The average Bonchev–Trinajstić information content (AvgIpc) is 2.58. The highest BCUT2D eigenvalue weighted by molar-refractivity contribution is 5.83. The molecule has 0 atom stereocenters. The van der Waals surface area contributed by atoms with Gasteiger partial charge in [-0.15, -0.1) is 0 Å². The van der Waals surface area contributed by atoms with E-state index < -0.39 is 48.6 Å². The molecule has 1 aromatic rings. The molecule has 0 radical (unpaired) electrons. The standard InChI is InChI=1S/C15H21NO2/c1-3-18-14(17)15(9-11-16(2)12-10-15)13-7-5-4-6-8-13/h4-8H,3,9-12H2,1-2H3/i2D3,4D,5D,6D,7D,8D. The highest BCUT2D eigenvalue weighted by Crippen LogP contribution is 2.36. The Kier molecular flexibility index (Phi) is 1.90. The Morgan fingerprint density at radius 1 is 1.44 bits per heavy atom. The van der Waals surface area contributed by atoms with Gasteiger partial charge in [-0.25, -0.2) is 0 Å². The molecule has 18 heavy (non-hydrogen) atoms. The molecular formula is C15H21NO2. The number of piperidine rings is 1. The van der Waals surface area contributed by atoms with E-state index >= 15 is 0 Å². The predicted octanol–water partition coefficient (Wildman–Crippen LogP) is 2.21. The molecule has 0 N–H and O–H groups in total. The topological polar surface area (TPSA) is 29.5 Å². The van der Waals surface area contributed by atoms with Crippen LogP contribution in [-0.4, -0.2) is 37.5 Å². The molecular weight excluding hydrogens is 226 g/mol. The molecule has 1 fully saturated rings. The van der Waals surface area contributed by atoms with Crippen LogP contribution >= 0.6 is 0 Å². The lowest BCUT2D eigenvalue weighted by Crippen LogP contribution is -2.47. The second kappa shape index (κ2) is 5.53. The fourth-order valence-electron chi connectivity index (χ4n) is 2.20. The van der Waals surface area contributed by atoms with Crippen molar-refractivity contribution in [3.05, 3.63) is 35.8 Å². The lowest BCUT2D eigenvalue weighted by atomic mass is 9.73. The van der Waals surface area contributed by atoms with Gasteiger partial charge in [0.25, 0.3) is 0 Å². The van der Waals surface area contributed by atoms with Gasteiger partial charge in [-0.3, -0.25) is 4.79 Å². The Hall–Kier alpha value is -1.35. The van der Waals surface area contributed by atoms with Crippen LogP contribution in [0.2, 0.25) is 0 Å². The summed E-state index contributed by atoms with van der Waals surface area (Å²) in [6.45, 7) is -0.580. The molecule has 1 saturated heterocycles. The third-order valence-corrected chi connectivity index (χ3v) is 3.26. The first-order valence-corrected chi connectivity index (χ1v) is 5.97. The minimum Gasteiger partial charge on any atom is -0.465 e. The van der Waals surface area contributed by atoms with Gasteiger partial charge in [0.2, 0.25) is 0 Å². The van der Waals surface area contributed by atoms with Crippen LogP contribution in [0, 0.1) is 0 Å². The van der Waals surface area contributed by atoms with E-state index in [0.717, 1.165) is 0 Å². The van der Waals surface area contributed by atoms with Crippen LogP contribution in [0.5, 0.6) is 0 Å². The molecule has 1 aromatic carbocycles. The molecule has 1 heterocycles. The first-order chi connectivity index (χ1) is 12.0. The van der Waals surface area contributed by atoms with Crippen LogP contribution in [0.4, 0.5) is 0 Å². The quantitative estimate of drug-likeness (QED) is 0.776. The number of likely N-dealkylation sites (tertiary alicyclic amines) is 1. The van der Waals surface area contributed by atoms with Crippen molar-refractivity contribution in [1.29, 1.82) is 0 Å². The Balaban J connectivity index is 2.61. The van der Waals surface area contributed by atoms with Crippen LogP contribution in [0.25, 0.3) is 0 Å². The number of benzene rings is 1. The third kappa shape index (κ3) is 2.41. The van der Waals surface area contributed by atoms with Crippen LogP contribution < -0.4 is 0 Å². The van der Waals surface area contributed by atoms with Gasteiger partial charge in [-0.1, -0.05) is 30.2 Å². The molecule has 0 spiro atoms. The van der Waals surface area contributed by atoms with Crippen molar-refractivity contribution in [2.45, 2.75) is 25.2 Å². The zero-order valence-electron chi connectivity index (χ0n) is 18.3. The number of nitrogens with zero attached hydrogens (tertiary/aromatic N) is 1. The van der Waals surface area contributed by atoms with Crippen molar-refractivity contribution in [3.8, 4) is 0 Å². The minimum absolute atomic E-state index is 0.00178. The molecule has 1 aliphatic heterocycles. The molecule has 3 heteroatoms. The molecule has 1 aliphatic rings. The van der Waals surface area contributed by atoms with Crippen LogP contribution in [0.3, 0.4) is 0 Å². The number of ether oxygens (including phenoxy) is 1. The smallest absolute Gasteiger partial charge is 0.316 e. The van der Waals surface area contributed by atoms with E-state index in [2.05, 4.69) is 0 Å². The first-order valence-electron chi connectivity index (χ1n) is 9.97. The van der Waals surface area contributed by atoms with Crippen molar-refractivity contribution in [3.63, 3.8) is 0 Å². The number of carbonyl (C=O) groups is 1. The number of carbonyl (C=O) groups excluding carboxylic acids is 1. The van der Waals surface area contributed by atoms with E-state index in [-0.39, 0.29) is 38.1 Å². The van der Waals surface area contributed by atoms with Gasteiger partial charge in [-0.2, -0.15) is 0 Å².